The minimum absolute atomic E-state index is 0.613. The van der Waals surface area contributed by atoms with Crippen molar-refractivity contribution in [2.45, 2.75) is 26.2 Å². The molecule has 2 N–H and O–H groups in total. The maximum absolute atomic E-state index is 11.5. The maximum Gasteiger partial charge on any atom is 0.119 e. The Morgan fingerprint density at radius 3 is 2.47 bits per heavy atom. The summed E-state index contributed by atoms with van der Waals surface area (Å²) in [5.41, 5.74) is 6.31. The first-order valence-electron chi connectivity index (χ1n) is 6.05. The highest BCUT2D eigenvalue weighted by Gasteiger charge is 1.99. The average molecular weight is 255 g/mol. The number of hydrogen-bond acceptors (Lipinski definition) is 3. The summed E-state index contributed by atoms with van der Waals surface area (Å²) in [7, 11) is -0.681. The second-order valence-corrected chi connectivity index (χ2v) is 5.67. The smallest absolute Gasteiger partial charge is 0.119 e. The largest absolute Gasteiger partial charge is 0.494 e. The Bertz CT molecular complexity index is 338. The first-order valence-corrected chi connectivity index (χ1v) is 7.54. The van der Waals surface area contributed by atoms with Crippen molar-refractivity contribution >= 4 is 16.5 Å². The van der Waals surface area contributed by atoms with Crippen LogP contribution in [0.1, 0.15) is 26.2 Å². The van der Waals surface area contributed by atoms with E-state index in [1.165, 1.54) is 0 Å². The van der Waals surface area contributed by atoms with E-state index < -0.39 is 10.8 Å². The standard InChI is InChI=1S/C13H21NO2S/c1-2-3-10-17(15)11-4-9-16-13-7-5-12(14)6-8-13/h5-8H,2-4,9-11,14H2,1H3. The van der Waals surface area contributed by atoms with Crippen molar-refractivity contribution in [2.75, 3.05) is 23.8 Å². The van der Waals surface area contributed by atoms with Gasteiger partial charge in [-0.15, -0.1) is 0 Å². The SMILES string of the molecule is CCCCS(=O)CCCOc1ccc(N)cc1. The van der Waals surface area contributed by atoms with Crippen LogP contribution in [0.5, 0.6) is 5.75 Å². The van der Waals surface area contributed by atoms with Gasteiger partial charge in [-0.05, 0) is 37.1 Å². The molecule has 96 valence electrons. The summed E-state index contributed by atoms with van der Waals surface area (Å²) < 4.78 is 17.0. The van der Waals surface area contributed by atoms with E-state index in [0.29, 0.717) is 6.61 Å². The van der Waals surface area contributed by atoms with E-state index in [4.69, 9.17) is 10.5 Å². The topological polar surface area (TPSA) is 52.3 Å². The number of ether oxygens (including phenoxy) is 1. The normalized spacial score (nSPS) is 12.3. The molecule has 4 heteroatoms. The fourth-order valence-electron chi connectivity index (χ4n) is 1.38. The molecular weight excluding hydrogens is 234 g/mol. The Balaban J connectivity index is 2.11. The van der Waals surface area contributed by atoms with Crippen LogP contribution in [0, 0.1) is 0 Å². The molecule has 0 amide bonds. The lowest BCUT2D eigenvalue weighted by Gasteiger charge is -2.06. The third kappa shape index (κ3) is 6.31. The second-order valence-electron chi connectivity index (χ2n) is 3.97. The molecule has 17 heavy (non-hydrogen) atoms. The molecule has 0 fully saturated rings. The summed E-state index contributed by atoms with van der Waals surface area (Å²) in [6.45, 7) is 2.73. The van der Waals surface area contributed by atoms with Gasteiger partial charge in [0.2, 0.25) is 0 Å². The molecule has 0 aliphatic rings. The van der Waals surface area contributed by atoms with Gasteiger partial charge in [-0.2, -0.15) is 0 Å². The maximum atomic E-state index is 11.5. The highest BCUT2D eigenvalue weighted by Crippen LogP contribution is 2.13. The molecule has 0 aromatic heterocycles. The van der Waals surface area contributed by atoms with E-state index in [9.17, 15) is 4.21 Å². The predicted molar refractivity (Wildman–Crippen MR) is 73.8 cm³/mol. The van der Waals surface area contributed by atoms with Gasteiger partial charge in [0, 0.05) is 28.0 Å². The molecule has 0 bridgehead atoms. The molecule has 1 unspecified atom stereocenters. The zero-order valence-electron chi connectivity index (χ0n) is 10.4. The summed E-state index contributed by atoms with van der Waals surface area (Å²) in [6.07, 6.45) is 2.99. The van der Waals surface area contributed by atoms with Crippen molar-refractivity contribution in [3.63, 3.8) is 0 Å². The summed E-state index contributed by atoms with van der Waals surface area (Å²) in [5, 5.41) is 0. The number of unbranched alkanes of at least 4 members (excludes halogenated alkanes) is 1. The van der Waals surface area contributed by atoms with Crippen LogP contribution < -0.4 is 10.5 Å². The zero-order valence-corrected chi connectivity index (χ0v) is 11.2. The van der Waals surface area contributed by atoms with E-state index in [2.05, 4.69) is 6.92 Å². The number of benzene rings is 1. The molecule has 0 aliphatic carbocycles. The Labute approximate surface area is 106 Å². The molecule has 0 heterocycles. The predicted octanol–water partition coefficient (Wildman–Crippen LogP) is 2.59. The summed E-state index contributed by atoms with van der Waals surface area (Å²) >= 11 is 0. The van der Waals surface area contributed by atoms with Crippen molar-refractivity contribution in [1.29, 1.82) is 0 Å². The number of anilines is 1. The highest BCUT2D eigenvalue weighted by molar-refractivity contribution is 7.84. The lowest BCUT2D eigenvalue weighted by molar-refractivity contribution is 0.318. The van der Waals surface area contributed by atoms with Crippen LogP contribution in [0.4, 0.5) is 5.69 Å². The first kappa shape index (κ1) is 14.0. The van der Waals surface area contributed by atoms with Crippen LogP contribution in [0.2, 0.25) is 0 Å². The lowest BCUT2D eigenvalue weighted by atomic mass is 10.3. The highest BCUT2D eigenvalue weighted by atomic mass is 32.2. The lowest BCUT2D eigenvalue weighted by Crippen LogP contribution is -2.07. The molecule has 1 atom stereocenters. The second kappa shape index (κ2) is 8.12. The summed E-state index contributed by atoms with van der Waals surface area (Å²) in [6, 6.07) is 7.33. The number of nitrogen functional groups attached to an aromatic ring is 1. The van der Waals surface area contributed by atoms with Crippen molar-refractivity contribution in [3.05, 3.63) is 24.3 Å². The van der Waals surface area contributed by atoms with Gasteiger partial charge in [0.05, 0.1) is 6.61 Å². The Hall–Kier alpha value is -1.03. The third-order valence-electron chi connectivity index (χ3n) is 2.39. The molecule has 0 saturated carbocycles. The molecular formula is C13H21NO2S. The first-order chi connectivity index (χ1) is 8.22. The van der Waals surface area contributed by atoms with Gasteiger partial charge in [0.1, 0.15) is 5.75 Å². The monoisotopic (exact) mass is 255 g/mol. The van der Waals surface area contributed by atoms with Gasteiger partial charge in [0.15, 0.2) is 0 Å². The van der Waals surface area contributed by atoms with Gasteiger partial charge in [-0.25, -0.2) is 0 Å². The van der Waals surface area contributed by atoms with Crippen molar-refractivity contribution in [1.82, 2.24) is 0 Å². The molecule has 1 rings (SSSR count). The molecule has 0 saturated heterocycles. The van der Waals surface area contributed by atoms with Crippen LogP contribution in [0.25, 0.3) is 0 Å². The van der Waals surface area contributed by atoms with E-state index in [-0.39, 0.29) is 0 Å². The van der Waals surface area contributed by atoms with Crippen LogP contribution in [-0.2, 0) is 10.8 Å². The van der Waals surface area contributed by atoms with E-state index in [1.54, 1.807) is 0 Å². The Kier molecular flexibility index (Phi) is 6.70. The Morgan fingerprint density at radius 2 is 1.82 bits per heavy atom. The summed E-state index contributed by atoms with van der Waals surface area (Å²) in [4.78, 5) is 0. The van der Waals surface area contributed by atoms with Crippen LogP contribution in [-0.4, -0.2) is 22.3 Å². The average Bonchev–Trinajstić information content (AvgIpc) is 2.34. The molecule has 1 aromatic carbocycles. The quantitative estimate of drug-likeness (QED) is 0.574. The van der Waals surface area contributed by atoms with Gasteiger partial charge >= 0.3 is 0 Å². The molecule has 0 radical (unpaired) electrons. The van der Waals surface area contributed by atoms with Crippen molar-refractivity contribution in [2.24, 2.45) is 0 Å². The zero-order chi connectivity index (χ0) is 12.5. The van der Waals surface area contributed by atoms with Crippen molar-refractivity contribution < 1.29 is 8.95 Å². The number of hydrogen-bond donors (Lipinski definition) is 1. The molecule has 0 aliphatic heterocycles. The van der Waals surface area contributed by atoms with E-state index in [1.807, 2.05) is 24.3 Å². The molecule has 1 aromatic rings. The van der Waals surface area contributed by atoms with E-state index in [0.717, 1.165) is 42.2 Å². The van der Waals surface area contributed by atoms with Gasteiger partial charge in [0.25, 0.3) is 0 Å². The van der Waals surface area contributed by atoms with Gasteiger partial charge in [-0.1, -0.05) is 13.3 Å². The van der Waals surface area contributed by atoms with Crippen LogP contribution >= 0.6 is 0 Å². The minimum atomic E-state index is -0.681. The summed E-state index contributed by atoms with van der Waals surface area (Å²) in [5.74, 6) is 2.37. The third-order valence-corrected chi connectivity index (χ3v) is 3.88. The number of nitrogens with two attached hydrogens (primary N) is 1. The molecule has 0 spiro atoms. The van der Waals surface area contributed by atoms with Gasteiger partial charge < -0.3 is 10.5 Å². The van der Waals surface area contributed by atoms with E-state index >= 15 is 0 Å². The van der Waals surface area contributed by atoms with Crippen LogP contribution in [0.3, 0.4) is 0 Å². The number of rotatable bonds is 8. The van der Waals surface area contributed by atoms with Crippen molar-refractivity contribution in [3.8, 4) is 5.75 Å². The minimum Gasteiger partial charge on any atom is -0.494 e. The Morgan fingerprint density at radius 1 is 1.18 bits per heavy atom. The van der Waals surface area contributed by atoms with Gasteiger partial charge in [-0.3, -0.25) is 4.21 Å². The fraction of sp³-hybridized carbons (Fsp3) is 0.538. The fourth-order valence-corrected chi connectivity index (χ4v) is 2.64. The molecule has 3 nitrogen and oxygen atoms in total. The van der Waals surface area contributed by atoms with Crippen LogP contribution in [0.15, 0.2) is 24.3 Å².